The molecule has 9 heteroatoms. The van der Waals surface area contributed by atoms with E-state index in [2.05, 4.69) is 20.2 Å². The Kier molecular flexibility index (Phi) is 5.15. The maximum Gasteiger partial charge on any atom is 0.325 e. The number of carbonyl (C=O) groups is 3. The summed E-state index contributed by atoms with van der Waals surface area (Å²) in [6.45, 7) is 2.72. The molecule has 4 amide bonds. The van der Waals surface area contributed by atoms with Gasteiger partial charge >= 0.3 is 6.03 Å². The number of imide groups is 1. The standard InChI is InChI=1S/C19H26N6O3/c26-16(24-12-10-23(11-13-24)15-14-20-7-8-21-15)4-9-25-17(27)19(22-18(25)28)5-2-1-3-6-19/h7-8,14H,1-6,9-13H2,(H,22,28). The summed E-state index contributed by atoms with van der Waals surface area (Å²) in [5, 5.41) is 2.89. The van der Waals surface area contributed by atoms with E-state index in [1.165, 1.54) is 4.90 Å². The van der Waals surface area contributed by atoms with Crippen molar-refractivity contribution in [2.75, 3.05) is 37.6 Å². The van der Waals surface area contributed by atoms with Gasteiger partial charge in [-0.3, -0.25) is 19.5 Å². The highest BCUT2D eigenvalue weighted by Gasteiger charge is 2.51. The average molecular weight is 386 g/mol. The quantitative estimate of drug-likeness (QED) is 0.768. The number of nitrogens with zero attached hydrogens (tertiary/aromatic N) is 5. The van der Waals surface area contributed by atoms with Gasteiger partial charge in [0.2, 0.25) is 5.91 Å². The number of piperazine rings is 1. The Hall–Kier alpha value is -2.71. The van der Waals surface area contributed by atoms with E-state index in [1.54, 1.807) is 23.5 Å². The zero-order chi connectivity index (χ0) is 19.6. The van der Waals surface area contributed by atoms with Crippen LogP contribution in [0.1, 0.15) is 38.5 Å². The molecule has 2 aliphatic heterocycles. The highest BCUT2D eigenvalue weighted by atomic mass is 16.2. The summed E-state index contributed by atoms with van der Waals surface area (Å²) in [6.07, 6.45) is 9.59. The largest absolute Gasteiger partial charge is 0.352 e. The van der Waals surface area contributed by atoms with Crippen molar-refractivity contribution >= 4 is 23.7 Å². The van der Waals surface area contributed by atoms with Crippen LogP contribution in [0.15, 0.2) is 18.6 Å². The molecule has 0 atom stereocenters. The highest BCUT2D eigenvalue weighted by molar-refractivity contribution is 6.07. The molecule has 9 nitrogen and oxygen atoms in total. The molecule has 4 rings (SSSR count). The number of hydrogen-bond donors (Lipinski definition) is 1. The Morgan fingerprint density at radius 2 is 1.82 bits per heavy atom. The van der Waals surface area contributed by atoms with Gasteiger partial charge in [0.1, 0.15) is 11.4 Å². The van der Waals surface area contributed by atoms with Gasteiger partial charge in [0.25, 0.3) is 5.91 Å². The first kappa shape index (κ1) is 18.6. The first-order valence-electron chi connectivity index (χ1n) is 10.0. The number of rotatable bonds is 4. The maximum atomic E-state index is 12.8. The fourth-order valence-electron chi connectivity index (χ4n) is 4.38. The molecule has 1 aliphatic carbocycles. The molecule has 3 fully saturated rings. The monoisotopic (exact) mass is 386 g/mol. The summed E-state index contributed by atoms with van der Waals surface area (Å²) >= 11 is 0. The van der Waals surface area contributed by atoms with Gasteiger partial charge in [-0.2, -0.15) is 0 Å². The van der Waals surface area contributed by atoms with E-state index in [1.807, 2.05) is 0 Å². The molecule has 1 aromatic heterocycles. The number of amides is 4. The molecule has 1 spiro atoms. The average Bonchev–Trinajstić information content (AvgIpc) is 2.96. The third kappa shape index (κ3) is 3.53. The minimum Gasteiger partial charge on any atom is -0.352 e. The molecule has 2 saturated heterocycles. The van der Waals surface area contributed by atoms with E-state index >= 15 is 0 Å². The third-order valence-electron chi connectivity index (χ3n) is 6.01. The van der Waals surface area contributed by atoms with E-state index < -0.39 is 5.54 Å². The molecule has 1 saturated carbocycles. The van der Waals surface area contributed by atoms with Crippen molar-refractivity contribution in [2.45, 2.75) is 44.1 Å². The Bertz CT molecular complexity index is 741. The van der Waals surface area contributed by atoms with Crippen molar-refractivity contribution in [1.29, 1.82) is 0 Å². The summed E-state index contributed by atoms with van der Waals surface area (Å²) < 4.78 is 0. The SMILES string of the molecule is O=C(CCN1C(=O)NC2(CCCCC2)C1=O)N1CCN(c2cnccn2)CC1. The molecule has 28 heavy (non-hydrogen) atoms. The molecule has 0 aromatic carbocycles. The zero-order valence-corrected chi connectivity index (χ0v) is 16.0. The number of urea groups is 1. The van der Waals surface area contributed by atoms with E-state index in [4.69, 9.17) is 0 Å². The van der Waals surface area contributed by atoms with Crippen LogP contribution in [0.3, 0.4) is 0 Å². The number of aromatic nitrogens is 2. The van der Waals surface area contributed by atoms with Crippen LogP contribution < -0.4 is 10.2 Å². The molecule has 0 bridgehead atoms. The molecule has 0 radical (unpaired) electrons. The lowest BCUT2D eigenvalue weighted by Crippen LogP contribution is -2.50. The summed E-state index contributed by atoms with van der Waals surface area (Å²) in [4.78, 5) is 51.2. The lowest BCUT2D eigenvalue weighted by atomic mass is 9.82. The van der Waals surface area contributed by atoms with Crippen molar-refractivity contribution in [3.05, 3.63) is 18.6 Å². The number of nitrogens with one attached hydrogen (secondary N) is 1. The summed E-state index contributed by atoms with van der Waals surface area (Å²) in [7, 11) is 0. The van der Waals surface area contributed by atoms with Crippen LogP contribution in [-0.4, -0.2) is 75.9 Å². The number of hydrogen-bond acceptors (Lipinski definition) is 6. The van der Waals surface area contributed by atoms with Crippen LogP contribution in [0.5, 0.6) is 0 Å². The predicted octanol–water partition coefficient (Wildman–Crippen LogP) is 0.770. The van der Waals surface area contributed by atoms with Crippen molar-refractivity contribution in [1.82, 2.24) is 25.1 Å². The first-order valence-corrected chi connectivity index (χ1v) is 10.0. The predicted molar refractivity (Wildman–Crippen MR) is 102 cm³/mol. The summed E-state index contributed by atoms with van der Waals surface area (Å²) in [5.41, 5.74) is -0.722. The van der Waals surface area contributed by atoms with Crippen LogP contribution in [0.4, 0.5) is 10.6 Å². The Morgan fingerprint density at radius 1 is 1.07 bits per heavy atom. The molecular weight excluding hydrogens is 360 g/mol. The van der Waals surface area contributed by atoms with Gasteiger partial charge in [-0.1, -0.05) is 19.3 Å². The fraction of sp³-hybridized carbons (Fsp3) is 0.632. The van der Waals surface area contributed by atoms with Crippen molar-refractivity contribution in [2.24, 2.45) is 0 Å². The second-order valence-corrected chi connectivity index (χ2v) is 7.71. The fourth-order valence-corrected chi connectivity index (χ4v) is 4.38. The van der Waals surface area contributed by atoms with Crippen LogP contribution in [0, 0.1) is 0 Å². The normalized spacial score (nSPS) is 21.9. The van der Waals surface area contributed by atoms with Gasteiger partial charge < -0.3 is 15.1 Å². The summed E-state index contributed by atoms with van der Waals surface area (Å²) in [6, 6.07) is -0.354. The Morgan fingerprint density at radius 3 is 2.50 bits per heavy atom. The topological polar surface area (TPSA) is 98.7 Å². The number of anilines is 1. The maximum absolute atomic E-state index is 12.8. The number of carbonyl (C=O) groups excluding carboxylic acids is 3. The first-order chi connectivity index (χ1) is 13.6. The van der Waals surface area contributed by atoms with Crippen LogP contribution in [0.2, 0.25) is 0 Å². The van der Waals surface area contributed by atoms with Gasteiger partial charge in [0.15, 0.2) is 0 Å². The lowest BCUT2D eigenvalue weighted by molar-refractivity contribution is -0.134. The second-order valence-electron chi connectivity index (χ2n) is 7.71. The molecule has 0 unspecified atom stereocenters. The molecule has 1 aromatic rings. The van der Waals surface area contributed by atoms with Gasteiger partial charge in [0.05, 0.1) is 6.20 Å². The van der Waals surface area contributed by atoms with Crippen LogP contribution in [-0.2, 0) is 9.59 Å². The lowest BCUT2D eigenvalue weighted by Gasteiger charge is -2.35. The van der Waals surface area contributed by atoms with Crippen molar-refractivity contribution in [3.8, 4) is 0 Å². The van der Waals surface area contributed by atoms with Gasteiger partial charge in [-0.25, -0.2) is 9.78 Å². The molecular formula is C19H26N6O3. The van der Waals surface area contributed by atoms with Crippen LogP contribution in [0.25, 0.3) is 0 Å². The Balaban J connectivity index is 1.28. The molecule has 1 N–H and O–H groups in total. The van der Waals surface area contributed by atoms with E-state index in [9.17, 15) is 14.4 Å². The zero-order valence-electron chi connectivity index (χ0n) is 16.0. The third-order valence-corrected chi connectivity index (χ3v) is 6.01. The van der Waals surface area contributed by atoms with Crippen LogP contribution >= 0.6 is 0 Å². The van der Waals surface area contributed by atoms with E-state index in [0.717, 1.165) is 25.1 Å². The van der Waals surface area contributed by atoms with Crippen molar-refractivity contribution in [3.63, 3.8) is 0 Å². The van der Waals surface area contributed by atoms with Gasteiger partial charge in [-0.05, 0) is 12.8 Å². The Labute approximate surface area is 164 Å². The van der Waals surface area contributed by atoms with E-state index in [0.29, 0.717) is 39.0 Å². The molecule has 3 aliphatic rings. The highest BCUT2D eigenvalue weighted by Crippen LogP contribution is 2.33. The smallest absolute Gasteiger partial charge is 0.325 e. The van der Waals surface area contributed by atoms with Gasteiger partial charge in [0, 0.05) is 51.5 Å². The minimum atomic E-state index is -0.722. The minimum absolute atomic E-state index is 0.0241. The van der Waals surface area contributed by atoms with Crippen molar-refractivity contribution < 1.29 is 14.4 Å². The second kappa shape index (κ2) is 7.73. The summed E-state index contributed by atoms with van der Waals surface area (Å²) in [5.74, 6) is 0.633. The molecule has 150 valence electrons. The van der Waals surface area contributed by atoms with E-state index in [-0.39, 0.29) is 30.8 Å². The van der Waals surface area contributed by atoms with Gasteiger partial charge in [-0.15, -0.1) is 0 Å². The molecule has 3 heterocycles.